The first-order valence-corrected chi connectivity index (χ1v) is 13.2. The van der Waals surface area contributed by atoms with Gasteiger partial charge in [0, 0.05) is 0 Å². The number of nitrogens with one attached hydrogen (secondary N) is 2. The number of aryl methyl sites for hydroxylation is 1. The molecule has 0 radical (unpaired) electrons. The Morgan fingerprint density at radius 3 is 2.19 bits per heavy atom. The number of methoxy groups -OCH3 is 1. The monoisotopic (exact) mass is 516 g/mol. The molecule has 1 amide bonds. The van der Waals surface area contributed by atoms with Crippen LogP contribution in [0.2, 0.25) is 0 Å². The molecule has 8 heteroatoms. The van der Waals surface area contributed by atoms with Crippen molar-refractivity contribution < 1.29 is 22.7 Å². The second-order valence-electron chi connectivity index (χ2n) is 8.42. The third-order valence-corrected chi connectivity index (χ3v) is 7.11. The molecule has 0 spiro atoms. The zero-order valence-electron chi connectivity index (χ0n) is 20.5. The fourth-order valence-electron chi connectivity index (χ4n) is 3.78. The molecule has 37 heavy (non-hydrogen) atoms. The van der Waals surface area contributed by atoms with Crippen molar-refractivity contribution in [3.8, 4) is 17.2 Å². The minimum atomic E-state index is -4.11. The summed E-state index contributed by atoms with van der Waals surface area (Å²) in [6, 6.07) is 29.2. The maximum Gasteiger partial charge on any atom is 0.245 e. The first-order valence-electron chi connectivity index (χ1n) is 11.7. The number of hydrogen-bond acceptors (Lipinski definition) is 5. The fraction of sp³-hybridized carbons (Fsp3) is 0.138. The van der Waals surface area contributed by atoms with Crippen LogP contribution in [0.1, 0.15) is 11.1 Å². The number of amides is 1. The van der Waals surface area contributed by atoms with Gasteiger partial charge in [-0.2, -0.15) is 4.72 Å². The molecule has 0 aliphatic carbocycles. The highest BCUT2D eigenvalue weighted by Gasteiger charge is 2.29. The summed E-state index contributed by atoms with van der Waals surface area (Å²) in [6.07, 6.45) is 0.141. The lowest BCUT2D eigenvalue weighted by Crippen LogP contribution is -2.45. The molecule has 4 rings (SSSR count). The van der Waals surface area contributed by atoms with Crippen LogP contribution >= 0.6 is 0 Å². The standard InChI is InChI=1S/C29H28N2O5S/c1-21-17-18-27(35-2)28(19-21)37(33,34)31-25(20-22-11-5-3-6-12-22)29(32)30-24-15-9-10-16-26(24)36-23-13-7-4-8-14-23/h3-19,25,31H,20H2,1-2H3,(H,30,32). The minimum absolute atomic E-state index is 0.0336. The van der Waals surface area contributed by atoms with Gasteiger partial charge in [0.15, 0.2) is 5.75 Å². The fourth-order valence-corrected chi connectivity index (χ4v) is 5.23. The van der Waals surface area contributed by atoms with E-state index < -0.39 is 22.0 Å². The van der Waals surface area contributed by atoms with E-state index in [2.05, 4.69) is 10.0 Å². The van der Waals surface area contributed by atoms with Crippen LogP contribution in [0.4, 0.5) is 5.69 Å². The van der Waals surface area contributed by atoms with Crippen molar-refractivity contribution in [2.24, 2.45) is 0 Å². The SMILES string of the molecule is COc1ccc(C)cc1S(=O)(=O)NC(Cc1ccccc1)C(=O)Nc1ccccc1Oc1ccccc1. The molecule has 0 heterocycles. The molecule has 190 valence electrons. The molecule has 4 aromatic rings. The van der Waals surface area contributed by atoms with Gasteiger partial charge in [-0.1, -0.05) is 66.7 Å². The molecule has 4 aromatic carbocycles. The van der Waals surface area contributed by atoms with Crippen LogP contribution in [0, 0.1) is 6.92 Å². The van der Waals surface area contributed by atoms with Gasteiger partial charge in [-0.05, 0) is 60.9 Å². The van der Waals surface area contributed by atoms with Crippen LogP contribution in [0.5, 0.6) is 17.2 Å². The maximum absolute atomic E-state index is 13.5. The Bertz CT molecular complexity index is 1460. The van der Waals surface area contributed by atoms with Crippen molar-refractivity contribution in [1.82, 2.24) is 4.72 Å². The van der Waals surface area contributed by atoms with E-state index in [1.54, 1.807) is 55.5 Å². The summed E-state index contributed by atoms with van der Waals surface area (Å²) in [5.41, 5.74) is 1.97. The van der Waals surface area contributed by atoms with Crippen molar-refractivity contribution in [3.05, 3.63) is 114 Å². The lowest BCUT2D eigenvalue weighted by atomic mass is 10.1. The number of carbonyl (C=O) groups excluding carboxylic acids is 1. The van der Waals surface area contributed by atoms with Crippen LogP contribution in [0.25, 0.3) is 0 Å². The number of rotatable bonds is 10. The molecule has 1 unspecified atom stereocenters. The van der Waals surface area contributed by atoms with E-state index >= 15 is 0 Å². The normalized spacial score (nSPS) is 11.9. The number of sulfonamides is 1. The third-order valence-electron chi connectivity index (χ3n) is 5.62. The summed E-state index contributed by atoms with van der Waals surface area (Å²) >= 11 is 0. The van der Waals surface area contributed by atoms with E-state index in [0.29, 0.717) is 17.2 Å². The van der Waals surface area contributed by atoms with Crippen molar-refractivity contribution in [2.45, 2.75) is 24.3 Å². The summed E-state index contributed by atoms with van der Waals surface area (Å²) in [5, 5.41) is 2.84. The van der Waals surface area contributed by atoms with Crippen molar-refractivity contribution in [3.63, 3.8) is 0 Å². The molecule has 1 atom stereocenters. The summed E-state index contributed by atoms with van der Waals surface area (Å²) in [5.74, 6) is 0.711. The second kappa shape index (κ2) is 11.7. The second-order valence-corrected chi connectivity index (χ2v) is 10.1. The van der Waals surface area contributed by atoms with Crippen LogP contribution < -0.4 is 19.5 Å². The van der Waals surface area contributed by atoms with Gasteiger partial charge in [0.05, 0.1) is 12.8 Å². The molecular formula is C29H28N2O5S. The van der Waals surface area contributed by atoms with E-state index in [-0.39, 0.29) is 17.1 Å². The van der Waals surface area contributed by atoms with E-state index in [1.807, 2.05) is 48.5 Å². The Morgan fingerprint density at radius 2 is 1.49 bits per heavy atom. The molecule has 0 fully saturated rings. The molecule has 0 aliphatic heterocycles. The number of ether oxygens (including phenoxy) is 2. The number of hydrogen-bond donors (Lipinski definition) is 2. The van der Waals surface area contributed by atoms with Gasteiger partial charge in [0.25, 0.3) is 0 Å². The van der Waals surface area contributed by atoms with Crippen LogP contribution in [0.3, 0.4) is 0 Å². The number of para-hydroxylation sites is 3. The van der Waals surface area contributed by atoms with Gasteiger partial charge >= 0.3 is 0 Å². The van der Waals surface area contributed by atoms with Crippen LogP contribution in [-0.4, -0.2) is 27.5 Å². The summed E-state index contributed by atoms with van der Waals surface area (Å²) in [7, 11) is -2.70. The average molecular weight is 517 g/mol. The molecule has 2 N–H and O–H groups in total. The number of anilines is 1. The van der Waals surface area contributed by atoms with Crippen molar-refractivity contribution >= 4 is 21.6 Å². The summed E-state index contributed by atoms with van der Waals surface area (Å²) in [4.78, 5) is 13.5. The lowest BCUT2D eigenvalue weighted by molar-refractivity contribution is -0.117. The smallest absolute Gasteiger partial charge is 0.245 e. The van der Waals surface area contributed by atoms with Gasteiger partial charge in [-0.15, -0.1) is 0 Å². The van der Waals surface area contributed by atoms with Gasteiger partial charge in [-0.25, -0.2) is 8.42 Å². The van der Waals surface area contributed by atoms with Crippen molar-refractivity contribution in [2.75, 3.05) is 12.4 Å². The van der Waals surface area contributed by atoms with Gasteiger partial charge in [0.1, 0.15) is 22.4 Å². The van der Waals surface area contributed by atoms with Gasteiger partial charge < -0.3 is 14.8 Å². The average Bonchev–Trinajstić information content (AvgIpc) is 2.90. The topological polar surface area (TPSA) is 93.7 Å². The molecule has 0 saturated heterocycles. The molecular weight excluding hydrogens is 488 g/mol. The van der Waals surface area contributed by atoms with E-state index in [0.717, 1.165) is 11.1 Å². The molecule has 0 saturated carbocycles. The summed E-state index contributed by atoms with van der Waals surface area (Å²) < 4.78 is 40.7. The van der Waals surface area contributed by atoms with E-state index in [4.69, 9.17) is 9.47 Å². The molecule has 0 bridgehead atoms. The van der Waals surface area contributed by atoms with E-state index in [1.165, 1.54) is 13.2 Å². The van der Waals surface area contributed by atoms with Crippen LogP contribution in [-0.2, 0) is 21.2 Å². The Morgan fingerprint density at radius 1 is 0.838 bits per heavy atom. The van der Waals surface area contributed by atoms with Gasteiger partial charge in [-0.3, -0.25) is 4.79 Å². The first kappa shape index (κ1) is 25.9. The minimum Gasteiger partial charge on any atom is -0.495 e. The molecule has 0 aromatic heterocycles. The number of carbonyl (C=O) groups is 1. The molecule has 0 aliphatic rings. The predicted octanol–water partition coefficient (Wildman–Crippen LogP) is 5.32. The Labute approximate surface area is 217 Å². The predicted molar refractivity (Wildman–Crippen MR) is 144 cm³/mol. The van der Waals surface area contributed by atoms with Crippen LogP contribution in [0.15, 0.2) is 108 Å². The highest BCUT2D eigenvalue weighted by Crippen LogP contribution is 2.30. The first-order chi connectivity index (χ1) is 17.9. The Balaban J connectivity index is 1.63. The third kappa shape index (κ3) is 6.75. The largest absolute Gasteiger partial charge is 0.495 e. The maximum atomic E-state index is 13.5. The zero-order valence-corrected chi connectivity index (χ0v) is 21.4. The highest BCUT2D eigenvalue weighted by molar-refractivity contribution is 7.89. The summed E-state index contributed by atoms with van der Waals surface area (Å²) in [6.45, 7) is 1.79. The Hall–Kier alpha value is -4.14. The van der Waals surface area contributed by atoms with E-state index in [9.17, 15) is 13.2 Å². The van der Waals surface area contributed by atoms with Crippen molar-refractivity contribution in [1.29, 1.82) is 0 Å². The quantitative estimate of drug-likeness (QED) is 0.297. The number of benzene rings is 4. The Kier molecular flexibility index (Phi) is 8.22. The highest BCUT2D eigenvalue weighted by atomic mass is 32.2. The zero-order chi connectivity index (χ0) is 26.3. The molecule has 7 nitrogen and oxygen atoms in total. The lowest BCUT2D eigenvalue weighted by Gasteiger charge is -2.21. The van der Waals surface area contributed by atoms with Gasteiger partial charge in [0.2, 0.25) is 15.9 Å².